The van der Waals surface area contributed by atoms with Crippen molar-refractivity contribution >= 4 is 5.97 Å². The zero-order valence-electron chi connectivity index (χ0n) is 8.39. The van der Waals surface area contributed by atoms with Crippen molar-refractivity contribution in [1.29, 1.82) is 0 Å². The third-order valence-electron chi connectivity index (χ3n) is 2.38. The van der Waals surface area contributed by atoms with Gasteiger partial charge >= 0.3 is 5.97 Å². The monoisotopic (exact) mass is 226 g/mol. The van der Waals surface area contributed by atoms with Gasteiger partial charge < -0.3 is 15.2 Å². The zero-order chi connectivity index (χ0) is 11.5. The molecule has 5 nitrogen and oxygen atoms in total. The number of nitrogens with zero attached hydrogens (tertiary/aromatic N) is 1. The number of halogens is 1. The first-order valence-electron chi connectivity index (χ1n) is 4.89. The Morgan fingerprint density at radius 2 is 2.44 bits per heavy atom. The number of hydrogen-bond acceptors (Lipinski definition) is 4. The predicted octanol–water partition coefficient (Wildman–Crippen LogP) is 0.415. The van der Waals surface area contributed by atoms with Crippen LogP contribution < -0.4 is 10.1 Å². The van der Waals surface area contributed by atoms with Crippen LogP contribution in [0.4, 0.5) is 4.39 Å². The molecular formula is C10H11FN2O3. The van der Waals surface area contributed by atoms with E-state index >= 15 is 0 Å². The summed E-state index contributed by atoms with van der Waals surface area (Å²) >= 11 is 0. The molecule has 1 aromatic rings. The van der Waals surface area contributed by atoms with Gasteiger partial charge in [-0.15, -0.1) is 0 Å². The summed E-state index contributed by atoms with van der Waals surface area (Å²) in [6.45, 7) is 0.454. The summed E-state index contributed by atoms with van der Waals surface area (Å²) in [5, 5.41) is 11.6. The Labute approximate surface area is 91.3 Å². The second kappa shape index (κ2) is 4.44. The highest BCUT2D eigenvalue weighted by atomic mass is 19.1. The summed E-state index contributed by atoms with van der Waals surface area (Å²) in [5.41, 5.74) is 0. The van der Waals surface area contributed by atoms with Crippen LogP contribution in [0, 0.1) is 5.82 Å². The predicted molar refractivity (Wildman–Crippen MR) is 52.7 cm³/mol. The average molecular weight is 226 g/mol. The fraction of sp³-hybridized carbons (Fsp3) is 0.400. The molecule has 1 fully saturated rings. The highest BCUT2D eigenvalue weighted by Gasteiger charge is 2.30. The second-order valence-corrected chi connectivity index (χ2v) is 3.59. The van der Waals surface area contributed by atoms with Crippen LogP contribution in [-0.2, 0) is 4.79 Å². The maximum Gasteiger partial charge on any atom is 0.320 e. The number of pyridine rings is 1. The SMILES string of the molecule is O=C(O)[C@@H]1C[C@@H](Oc2ccc(F)cn2)CN1. The Bertz CT molecular complexity index is 382. The van der Waals surface area contributed by atoms with E-state index in [4.69, 9.17) is 9.84 Å². The lowest BCUT2D eigenvalue weighted by Crippen LogP contribution is -2.30. The number of aromatic nitrogens is 1. The molecule has 1 aliphatic rings. The first kappa shape index (κ1) is 10.8. The van der Waals surface area contributed by atoms with Gasteiger partial charge in [0.15, 0.2) is 0 Å². The second-order valence-electron chi connectivity index (χ2n) is 3.59. The molecule has 16 heavy (non-hydrogen) atoms. The Hall–Kier alpha value is -1.69. The average Bonchev–Trinajstić information content (AvgIpc) is 2.70. The van der Waals surface area contributed by atoms with Gasteiger partial charge in [0.2, 0.25) is 5.88 Å². The smallest absolute Gasteiger partial charge is 0.320 e. The molecule has 0 spiro atoms. The minimum absolute atomic E-state index is 0.237. The van der Waals surface area contributed by atoms with Crippen LogP contribution in [0.1, 0.15) is 6.42 Å². The number of carboxylic acid groups (broad SMARTS) is 1. The minimum Gasteiger partial charge on any atom is -0.480 e. The largest absolute Gasteiger partial charge is 0.480 e. The topological polar surface area (TPSA) is 71.5 Å². The van der Waals surface area contributed by atoms with Gasteiger partial charge in [-0.25, -0.2) is 9.37 Å². The molecule has 2 rings (SSSR count). The van der Waals surface area contributed by atoms with E-state index in [-0.39, 0.29) is 6.10 Å². The van der Waals surface area contributed by atoms with E-state index in [0.29, 0.717) is 18.8 Å². The molecule has 2 heterocycles. The van der Waals surface area contributed by atoms with Crippen LogP contribution in [0.25, 0.3) is 0 Å². The molecule has 0 saturated carbocycles. The molecule has 1 aromatic heterocycles. The molecule has 0 unspecified atom stereocenters. The van der Waals surface area contributed by atoms with Gasteiger partial charge in [-0.2, -0.15) is 0 Å². The third kappa shape index (κ3) is 2.46. The van der Waals surface area contributed by atoms with E-state index in [1.54, 1.807) is 0 Å². The lowest BCUT2D eigenvalue weighted by atomic mass is 10.2. The van der Waals surface area contributed by atoms with Crippen molar-refractivity contribution in [3.63, 3.8) is 0 Å². The van der Waals surface area contributed by atoms with Crippen molar-refractivity contribution < 1.29 is 19.0 Å². The van der Waals surface area contributed by atoms with Crippen LogP contribution in [0.15, 0.2) is 18.3 Å². The van der Waals surface area contributed by atoms with Crippen LogP contribution in [0.5, 0.6) is 5.88 Å². The summed E-state index contributed by atoms with van der Waals surface area (Å²) in [4.78, 5) is 14.4. The Balaban J connectivity index is 1.92. The van der Waals surface area contributed by atoms with Crippen molar-refractivity contribution in [3.8, 4) is 5.88 Å². The molecule has 6 heteroatoms. The molecule has 86 valence electrons. The number of carbonyl (C=O) groups is 1. The Kier molecular flexibility index (Phi) is 3.00. The normalized spacial score (nSPS) is 24.3. The first-order chi connectivity index (χ1) is 7.65. The molecular weight excluding hydrogens is 215 g/mol. The van der Waals surface area contributed by atoms with Crippen molar-refractivity contribution in [1.82, 2.24) is 10.3 Å². The van der Waals surface area contributed by atoms with Crippen molar-refractivity contribution in [2.45, 2.75) is 18.6 Å². The van der Waals surface area contributed by atoms with E-state index in [9.17, 15) is 9.18 Å². The summed E-state index contributed by atoms with van der Waals surface area (Å²) < 4.78 is 18.0. The van der Waals surface area contributed by atoms with Gasteiger partial charge in [0.25, 0.3) is 0 Å². The number of rotatable bonds is 3. The molecule has 1 aliphatic heterocycles. The Morgan fingerprint density at radius 1 is 1.62 bits per heavy atom. The standard InChI is InChI=1S/C10H11FN2O3/c11-6-1-2-9(13-4-6)16-7-3-8(10(14)15)12-5-7/h1-2,4,7-8,12H,3,5H2,(H,14,15)/t7-,8+/m1/s1. The number of aliphatic carboxylic acids is 1. The van der Waals surface area contributed by atoms with E-state index in [1.807, 2.05) is 0 Å². The van der Waals surface area contributed by atoms with E-state index in [2.05, 4.69) is 10.3 Å². The molecule has 1 saturated heterocycles. The molecule has 0 aromatic carbocycles. The van der Waals surface area contributed by atoms with Crippen molar-refractivity contribution in [2.75, 3.05) is 6.54 Å². The maximum atomic E-state index is 12.6. The lowest BCUT2D eigenvalue weighted by Gasteiger charge is -2.10. The number of hydrogen-bond donors (Lipinski definition) is 2. The zero-order valence-corrected chi connectivity index (χ0v) is 8.39. The number of nitrogens with one attached hydrogen (secondary N) is 1. The molecule has 0 amide bonds. The highest BCUT2D eigenvalue weighted by molar-refractivity contribution is 5.73. The quantitative estimate of drug-likeness (QED) is 0.781. The van der Waals surface area contributed by atoms with Crippen LogP contribution in [0.3, 0.4) is 0 Å². The summed E-state index contributed by atoms with van der Waals surface area (Å²) in [7, 11) is 0. The minimum atomic E-state index is -0.891. The van der Waals surface area contributed by atoms with Crippen molar-refractivity contribution in [3.05, 3.63) is 24.1 Å². The van der Waals surface area contributed by atoms with E-state index in [1.165, 1.54) is 12.1 Å². The summed E-state index contributed by atoms with van der Waals surface area (Å²) in [6.07, 6.45) is 1.21. The molecule has 0 aliphatic carbocycles. The maximum absolute atomic E-state index is 12.6. The fourth-order valence-corrected chi connectivity index (χ4v) is 1.58. The van der Waals surface area contributed by atoms with Gasteiger partial charge in [-0.05, 0) is 6.07 Å². The highest BCUT2D eigenvalue weighted by Crippen LogP contribution is 2.15. The van der Waals surface area contributed by atoms with Crippen LogP contribution >= 0.6 is 0 Å². The molecule has 2 N–H and O–H groups in total. The molecule has 0 bridgehead atoms. The Morgan fingerprint density at radius 3 is 3.00 bits per heavy atom. The summed E-state index contributed by atoms with van der Waals surface area (Å²) in [6, 6.07) is 2.09. The van der Waals surface area contributed by atoms with Crippen molar-refractivity contribution in [2.24, 2.45) is 0 Å². The van der Waals surface area contributed by atoms with Gasteiger partial charge in [-0.3, -0.25) is 4.79 Å². The number of ether oxygens (including phenoxy) is 1. The lowest BCUT2D eigenvalue weighted by molar-refractivity contribution is -0.139. The van der Waals surface area contributed by atoms with Gasteiger partial charge in [0, 0.05) is 19.0 Å². The molecule has 2 atom stereocenters. The number of carboxylic acids is 1. The van der Waals surface area contributed by atoms with Crippen LogP contribution in [-0.4, -0.2) is 34.8 Å². The van der Waals surface area contributed by atoms with E-state index in [0.717, 1.165) is 6.20 Å². The fourth-order valence-electron chi connectivity index (χ4n) is 1.58. The summed E-state index contributed by atoms with van der Waals surface area (Å²) in [5.74, 6) is -1.02. The van der Waals surface area contributed by atoms with Gasteiger partial charge in [-0.1, -0.05) is 0 Å². The first-order valence-corrected chi connectivity index (χ1v) is 4.89. The molecule has 0 radical (unpaired) electrons. The third-order valence-corrected chi connectivity index (χ3v) is 2.38. The van der Waals surface area contributed by atoms with Gasteiger partial charge in [0.1, 0.15) is 18.0 Å². The van der Waals surface area contributed by atoms with Gasteiger partial charge in [0.05, 0.1) is 6.20 Å². The van der Waals surface area contributed by atoms with E-state index < -0.39 is 17.8 Å². The van der Waals surface area contributed by atoms with Crippen LogP contribution in [0.2, 0.25) is 0 Å².